The Hall–Kier alpha value is -2.08. The van der Waals surface area contributed by atoms with E-state index in [0.29, 0.717) is 17.9 Å². The molecule has 2 aromatic rings. The summed E-state index contributed by atoms with van der Waals surface area (Å²) in [6.45, 7) is 3.73. The second-order valence-corrected chi connectivity index (χ2v) is 7.18. The minimum absolute atomic E-state index is 0.316. The van der Waals surface area contributed by atoms with E-state index in [0.717, 1.165) is 44.2 Å². The third kappa shape index (κ3) is 3.85. The van der Waals surface area contributed by atoms with Crippen molar-refractivity contribution >= 4 is 0 Å². The van der Waals surface area contributed by atoms with Crippen LogP contribution in [0.2, 0.25) is 0 Å². The van der Waals surface area contributed by atoms with Crippen molar-refractivity contribution in [3.63, 3.8) is 0 Å². The Labute approximate surface area is 155 Å². The number of para-hydroxylation sites is 1. The van der Waals surface area contributed by atoms with E-state index in [-0.39, 0.29) is 0 Å². The SMILES string of the molecule is COc1ccc(C2NNCC2CNCC2COc3ccccc3C2)cc1. The lowest BCUT2D eigenvalue weighted by atomic mass is 9.94. The van der Waals surface area contributed by atoms with Crippen molar-refractivity contribution in [2.75, 3.05) is 33.4 Å². The molecule has 2 aliphatic rings. The summed E-state index contributed by atoms with van der Waals surface area (Å²) in [5.74, 6) is 2.99. The smallest absolute Gasteiger partial charge is 0.122 e. The highest BCUT2D eigenvalue weighted by atomic mass is 16.5. The summed E-state index contributed by atoms with van der Waals surface area (Å²) in [7, 11) is 1.70. The zero-order valence-electron chi connectivity index (χ0n) is 15.2. The molecule has 0 amide bonds. The molecule has 1 fully saturated rings. The molecule has 0 spiro atoms. The average molecular weight is 353 g/mol. The maximum atomic E-state index is 5.89. The van der Waals surface area contributed by atoms with Gasteiger partial charge in [-0.1, -0.05) is 30.3 Å². The third-order valence-electron chi connectivity index (χ3n) is 5.36. The number of ether oxygens (including phenoxy) is 2. The van der Waals surface area contributed by atoms with Crippen molar-refractivity contribution in [1.29, 1.82) is 0 Å². The molecule has 2 heterocycles. The summed E-state index contributed by atoms with van der Waals surface area (Å²) in [4.78, 5) is 0. The first-order chi connectivity index (χ1) is 12.8. The fraction of sp³-hybridized carbons (Fsp3) is 0.429. The van der Waals surface area contributed by atoms with Crippen molar-refractivity contribution in [2.24, 2.45) is 11.8 Å². The summed E-state index contributed by atoms with van der Waals surface area (Å²) in [6, 6.07) is 17.0. The van der Waals surface area contributed by atoms with Crippen LogP contribution < -0.4 is 25.6 Å². The Bertz CT molecular complexity index is 719. The second-order valence-electron chi connectivity index (χ2n) is 7.18. The predicted octanol–water partition coefficient (Wildman–Crippen LogP) is 2.30. The van der Waals surface area contributed by atoms with Crippen LogP contribution in [0.1, 0.15) is 17.2 Å². The van der Waals surface area contributed by atoms with E-state index in [1.54, 1.807) is 7.11 Å². The summed E-state index contributed by atoms with van der Waals surface area (Å²) in [6.07, 6.45) is 1.09. The molecule has 2 aliphatic heterocycles. The quantitative estimate of drug-likeness (QED) is 0.744. The van der Waals surface area contributed by atoms with Gasteiger partial charge in [0, 0.05) is 31.5 Å². The Kier molecular flexibility index (Phi) is 5.39. The lowest BCUT2D eigenvalue weighted by Crippen LogP contribution is -2.35. The number of hydrogen-bond acceptors (Lipinski definition) is 5. The van der Waals surface area contributed by atoms with Crippen LogP contribution in [0.15, 0.2) is 48.5 Å². The normalized spacial score (nSPS) is 24.7. The van der Waals surface area contributed by atoms with Crippen LogP contribution in [-0.4, -0.2) is 33.4 Å². The Morgan fingerprint density at radius 2 is 1.96 bits per heavy atom. The molecule has 0 saturated carbocycles. The molecule has 0 radical (unpaired) electrons. The summed E-state index contributed by atoms with van der Waals surface area (Å²) >= 11 is 0. The minimum Gasteiger partial charge on any atom is -0.497 e. The maximum absolute atomic E-state index is 5.89. The van der Waals surface area contributed by atoms with E-state index in [9.17, 15) is 0 Å². The Morgan fingerprint density at radius 3 is 2.81 bits per heavy atom. The standard InChI is InChI=1S/C21H27N3O2/c1-25-19-8-6-16(7-9-19)21-18(13-23-24-21)12-22-11-15-10-17-4-2-3-5-20(17)26-14-15/h2-9,15,18,21-24H,10-14H2,1H3. The van der Waals surface area contributed by atoms with Crippen LogP contribution >= 0.6 is 0 Å². The molecule has 3 unspecified atom stereocenters. The largest absolute Gasteiger partial charge is 0.497 e. The van der Waals surface area contributed by atoms with Crippen LogP contribution in [0.5, 0.6) is 11.5 Å². The topological polar surface area (TPSA) is 54.5 Å². The number of methoxy groups -OCH3 is 1. The van der Waals surface area contributed by atoms with Crippen LogP contribution in [-0.2, 0) is 6.42 Å². The summed E-state index contributed by atoms with van der Waals surface area (Å²) in [5, 5.41) is 3.67. The van der Waals surface area contributed by atoms with Gasteiger partial charge in [-0.2, -0.15) is 0 Å². The molecule has 4 rings (SSSR count). The maximum Gasteiger partial charge on any atom is 0.122 e. The fourth-order valence-corrected chi connectivity index (χ4v) is 3.89. The number of fused-ring (bicyclic) bond motifs is 1. The lowest BCUT2D eigenvalue weighted by Gasteiger charge is -2.26. The third-order valence-corrected chi connectivity index (χ3v) is 5.36. The lowest BCUT2D eigenvalue weighted by molar-refractivity contribution is 0.216. The van der Waals surface area contributed by atoms with Gasteiger partial charge in [-0.15, -0.1) is 0 Å². The van der Waals surface area contributed by atoms with E-state index in [2.05, 4.69) is 46.5 Å². The number of rotatable bonds is 6. The van der Waals surface area contributed by atoms with Crippen molar-refractivity contribution in [3.05, 3.63) is 59.7 Å². The molecule has 0 aliphatic carbocycles. The van der Waals surface area contributed by atoms with Crippen LogP contribution in [0.3, 0.4) is 0 Å². The molecule has 0 aromatic heterocycles. The zero-order valence-corrected chi connectivity index (χ0v) is 15.2. The molecule has 1 saturated heterocycles. The van der Waals surface area contributed by atoms with Gasteiger partial charge in [0.1, 0.15) is 11.5 Å². The highest BCUT2D eigenvalue weighted by molar-refractivity contribution is 5.35. The highest BCUT2D eigenvalue weighted by Crippen LogP contribution is 2.28. The van der Waals surface area contributed by atoms with Crippen molar-refractivity contribution in [3.8, 4) is 11.5 Å². The monoisotopic (exact) mass is 353 g/mol. The first kappa shape index (κ1) is 17.3. The van der Waals surface area contributed by atoms with Gasteiger partial charge in [0.2, 0.25) is 0 Å². The van der Waals surface area contributed by atoms with Crippen LogP contribution in [0.4, 0.5) is 0 Å². The Balaban J connectivity index is 1.29. The molecule has 0 bridgehead atoms. The fourth-order valence-electron chi connectivity index (χ4n) is 3.89. The van der Waals surface area contributed by atoms with E-state index < -0.39 is 0 Å². The van der Waals surface area contributed by atoms with Crippen molar-refractivity contribution in [1.82, 2.24) is 16.2 Å². The van der Waals surface area contributed by atoms with Gasteiger partial charge in [0.25, 0.3) is 0 Å². The summed E-state index contributed by atoms with van der Waals surface area (Å²) < 4.78 is 11.1. The van der Waals surface area contributed by atoms with E-state index in [1.165, 1.54) is 11.1 Å². The molecule has 3 atom stereocenters. The van der Waals surface area contributed by atoms with Crippen LogP contribution in [0, 0.1) is 11.8 Å². The van der Waals surface area contributed by atoms with Gasteiger partial charge in [-0.3, -0.25) is 5.43 Å². The van der Waals surface area contributed by atoms with Crippen molar-refractivity contribution < 1.29 is 9.47 Å². The first-order valence-electron chi connectivity index (χ1n) is 9.37. The molecule has 138 valence electrons. The minimum atomic E-state index is 0.316. The van der Waals surface area contributed by atoms with Gasteiger partial charge >= 0.3 is 0 Å². The number of benzene rings is 2. The van der Waals surface area contributed by atoms with Gasteiger partial charge in [0.15, 0.2) is 0 Å². The van der Waals surface area contributed by atoms with Gasteiger partial charge in [-0.05, 0) is 35.7 Å². The highest BCUT2D eigenvalue weighted by Gasteiger charge is 2.28. The number of hydrogen-bond donors (Lipinski definition) is 3. The van der Waals surface area contributed by atoms with Gasteiger partial charge < -0.3 is 14.8 Å². The molecule has 5 heteroatoms. The number of hydrazine groups is 1. The van der Waals surface area contributed by atoms with Gasteiger partial charge in [0.05, 0.1) is 19.8 Å². The second kappa shape index (κ2) is 8.08. The molecular weight excluding hydrogens is 326 g/mol. The first-order valence-corrected chi connectivity index (χ1v) is 9.37. The average Bonchev–Trinajstić information content (AvgIpc) is 3.16. The van der Waals surface area contributed by atoms with Gasteiger partial charge in [-0.25, -0.2) is 5.43 Å². The molecule has 3 N–H and O–H groups in total. The Morgan fingerprint density at radius 1 is 1.12 bits per heavy atom. The number of nitrogens with one attached hydrogen (secondary N) is 3. The molecule has 2 aromatic carbocycles. The molecular formula is C21H27N3O2. The van der Waals surface area contributed by atoms with E-state index in [1.807, 2.05) is 18.2 Å². The zero-order chi connectivity index (χ0) is 17.8. The van der Waals surface area contributed by atoms with E-state index in [4.69, 9.17) is 9.47 Å². The molecule has 5 nitrogen and oxygen atoms in total. The summed E-state index contributed by atoms with van der Waals surface area (Å²) in [5.41, 5.74) is 9.33. The predicted molar refractivity (Wildman–Crippen MR) is 102 cm³/mol. The van der Waals surface area contributed by atoms with Crippen LogP contribution in [0.25, 0.3) is 0 Å². The molecule has 26 heavy (non-hydrogen) atoms. The van der Waals surface area contributed by atoms with E-state index >= 15 is 0 Å². The van der Waals surface area contributed by atoms with Crippen molar-refractivity contribution in [2.45, 2.75) is 12.5 Å².